The number of piperazine rings is 1. The van der Waals surface area contributed by atoms with Crippen molar-refractivity contribution in [1.82, 2.24) is 9.80 Å². The number of ether oxygens (including phenoxy) is 1. The van der Waals surface area contributed by atoms with Crippen molar-refractivity contribution in [2.45, 2.75) is 19.3 Å². The van der Waals surface area contributed by atoms with Gasteiger partial charge in [-0.3, -0.25) is 4.79 Å². The molecule has 1 aliphatic carbocycles. The van der Waals surface area contributed by atoms with Crippen molar-refractivity contribution >= 4 is 12.0 Å². The first kappa shape index (κ1) is 15.8. The normalized spacial score (nSPS) is 23.6. The van der Waals surface area contributed by atoms with E-state index in [1.165, 1.54) is 6.07 Å². The summed E-state index contributed by atoms with van der Waals surface area (Å²) in [7, 11) is 0. The Labute approximate surface area is 135 Å². The lowest BCUT2D eigenvalue weighted by molar-refractivity contribution is -0.134. The van der Waals surface area contributed by atoms with Crippen LogP contribution in [0, 0.1) is 11.7 Å². The van der Waals surface area contributed by atoms with Gasteiger partial charge in [-0.15, -0.1) is 0 Å². The number of hydrogen-bond donors (Lipinski definition) is 0. The molecule has 0 N–H and O–H groups in total. The predicted octanol–water partition coefficient (Wildman–Crippen LogP) is 2.23. The average molecular weight is 320 g/mol. The molecule has 0 spiro atoms. The molecule has 0 aromatic heterocycles. The van der Waals surface area contributed by atoms with Crippen LogP contribution in [0.3, 0.4) is 0 Å². The molecule has 2 unspecified atom stereocenters. The third-order valence-corrected chi connectivity index (χ3v) is 4.53. The maximum Gasteiger partial charge on any atom is 0.409 e. The molecule has 1 aromatic carbocycles. The van der Waals surface area contributed by atoms with E-state index in [4.69, 9.17) is 4.74 Å². The van der Waals surface area contributed by atoms with Crippen molar-refractivity contribution in [3.63, 3.8) is 0 Å². The number of halogens is 1. The van der Waals surface area contributed by atoms with E-state index in [1.807, 2.05) is 0 Å². The number of carbonyl (C=O) groups excluding carboxylic acids is 2. The summed E-state index contributed by atoms with van der Waals surface area (Å²) in [6.45, 7) is 4.12. The maximum atomic E-state index is 13.8. The summed E-state index contributed by atoms with van der Waals surface area (Å²) in [5, 5.41) is 0. The molecule has 6 heteroatoms. The topological polar surface area (TPSA) is 49.9 Å². The summed E-state index contributed by atoms with van der Waals surface area (Å²) < 4.78 is 18.8. The summed E-state index contributed by atoms with van der Waals surface area (Å²) in [5.74, 6) is -0.297. The summed E-state index contributed by atoms with van der Waals surface area (Å²) in [6.07, 6.45) is 0.382. The largest absolute Gasteiger partial charge is 0.450 e. The van der Waals surface area contributed by atoms with Crippen LogP contribution in [0.25, 0.3) is 0 Å². The Morgan fingerprint density at radius 3 is 2.48 bits per heavy atom. The third kappa shape index (κ3) is 3.30. The Bertz CT molecular complexity index is 599. The molecule has 2 atom stereocenters. The predicted molar refractivity (Wildman–Crippen MR) is 82.4 cm³/mol. The SMILES string of the molecule is CCOC(=O)N1CCN(C(=O)C2CC2c2ccccc2F)CC1. The highest BCUT2D eigenvalue weighted by molar-refractivity contribution is 5.83. The van der Waals surface area contributed by atoms with Crippen LogP contribution in [0.4, 0.5) is 9.18 Å². The Hall–Kier alpha value is -2.11. The first-order valence-corrected chi connectivity index (χ1v) is 8.06. The molecule has 1 aromatic rings. The molecule has 1 heterocycles. The molecule has 124 valence electrons. The van der Waals surface area contributed by atoms with Crippen molar-refractivity contribution in [1.29, 1.82) is 0 Å². The second-order valence-electron chi connectivity index (χ2n) is 5.98. The molecule has 0 bridgehead atoms. The smallest absolute Gasteiger partial charge is 0.409 e. The van der Waals surface area contributed by atoms with Crippen molar-refractivity contribution < 1.29 is 18.7 Å². The number of amides is 2. The molecule has 1 aliphatic heterocycles. The first-order chi connectivity index (χ1) is 11.1. The van der Waals surface area contributed by atoms with Gasteiger partial charge < -0.3 is 14.5 Å². The van der Waals surface area contributed by atoms with Crippen LogP contribution in [0.15, 0.2) is 24.3 Å². The third-order valence-electron chi connectivity index (χ3n) is 4.53. The van der Waals surface area contributed by atoms with Gasteiger partial charge >= 0.3 is 6.09 Å². The lowest BCUT2D eigenvalue weighted by Gasteiger charge is -2.34. The molecule has 1 saturated heterocycles. The molecular weight excluding hydrogens is 299 g/mol. The van der Waals surface area contributed by atoms with Gasteiger partial charge in [0, 0.05) is 32.1 Å². The van der Waals surface area contributed by atoms with Crippen LogP contribution in [0.1, 0.15) is 24.8 Å². The van der Waals surface area contributed by atoms with E-state index in [1.54, 1.807) is 34.9 Å². The second kappa shape index (κ2) is 6.56. The highest BCUT2D eigenvalue weighted by atomic mass is 19.1. The summed E-state index contributed by atoms with van der Waals surface area (Å²) in [6, 6.07) is 6.66. The van der Waals surface area contributed by atoms with Gasteiger partial charge in [-0.05, 0) is 30.9 Å². The fraction of sp³-hybridized carbons (Fsp3) is 0.529. The van der Waals surface area contributed by atoms with E-state index in [9.17, 15) is 14.0 Å². The lowest BCUT2D eigenvalue weighted by atomic mass is 10.1. The molecule has 3 rings (SSSR count). The van der Waals surface area contributed by atoms with E-state index in [0.717, 1.165) is 0 Å². The maximum absolute atomic E-state index is 13.8. The van der Waals surface area contributed by atoms with Gasteiger partial charge in [0.2, 0.25) is 5.91 Å². The van der Waals surface area contributed by atoms with Gasteiger partial charge in [-0.2, -0.15) is 0 Å². The van der Waals surface area contributed by atoms with Crippen LogP contribution in [0.2, 0.25) is 0 Å². The highest BCUT2D eigenvalue weighted by Crippen LogP contribution is 2.49. The minimum atomic E-state index is -0.324. The van der Waals surface area contributed by atoms with Crippen LogP contribution in [-0.4, -0.2) is 54.6 Å². The lowest BCUT2D eigenvalue weighted by Crippen LogP contribution is -2.51. The van der Waals surface area contributed by atoms with Gasteiger partial charge in [0.05, 0.1) is 6.61 Å². The molecule has 2 aliphatic rings. The monoisotopic (exact) mass is 320 g/mol. The Kier molecular flexibility index (Phi) is 4.50. The molecule has 1 saturated carbocycles. The Balaban J connectivity index is 1.53. The van der Waals surface area contributed by atoms with Crippen molar-refractivity contribution in [2.24, 2.45) is 5.92 Å². The van der Waals surface area contributed by atoms with E-state index in [0.29, 0.717) is 44.8 Å². The second-order valence-corrected chi connectivity index (χ2v) is 5.98. The molecular formula is C17H21FN2O3. The minimum absolute atomic E-state index is 0.00761. The van der Waals surface area contributed by atoms with Gasteiger partial charge in [0.1, 0.15) is 5.82 Å². The number of hydrogen-bond acceptors (Lipinski definition) is 3. The van der Waals surface area contributed by atoms with E-state index in [-0.39, 0.29) is 29.7 Å². The van der Waals surface area contributed by atoms with Crippen LogP contribution in [0.5, 0.6) is 0 Å². The van der Waals surface area contributed by atoms with Crippen LogP contribution < -0.4 is 0 Å². The van der Waals surface area contributed by atoms with Crippen molar-refractivity contribution in [2.75, 3.05) is 32.8 Å². The van der Waals surface area contributed by atoms with Gasteiger partial charge in [0.15, 0.2) is 0 Å². The summed E-state index contributed by atoms with van der Waals surface area (Å²) >= 11 is 0. The van der Waals surface area contributed by atoms with Gasteiger partial charge in [-0.1, -0.05) is 18.2 Å². The Morgan fingerprint density at radius 2 is 1.83 bits per heavy atom. The van der Waals surface area contributed by atoms with Gasteiger partial charge in [-0.25, -0.2) is 9.18 Å². The molecule has 23 heavy (non-hydrogen) atoms. The number of rotatable bonds is 3. The van der Waals surface area contributed by atoms with Gasteiger partial charge in [0.25, 0.3) is 0 Å². The number of benzene rings is 1. The zero-order valence-corrected chi connectivity index (χ0v) is 13.2. The summed E-state index contributed by atoms with van der Waals surface area (Å²) in [5.41, 5.74) is 0.635. The van der Waals surface area contributed by atoms with Crippen LogP contribution >= 0.6 is 0 Å². The zero-order chi connectivity index (χ0) is 16.4. The van der Waals surface area contributed by atoms with Crippen molar-refractivity contribution in [3.05, 3.63) is 35.6 Å². The minimum Gasteiger partial charge on any atom is -0.450 e. The Morgan fingerprint density at radius 1 is 1.17 bits per heavy atom. The standard InChI is InChI=1S/C17H21FN2O3/c1-2-23-17(22)20-9-7-19(8-10-20)16(21)14-11-13(14)12-5-3-4-6-15(12)18/h3-6,13-14H,2,7-11H2,1H3. The zero-order valence-electron chi connectivity index (χ0n) is 13.2. The quantitative estimate of drug-likeness (QED) is 0.858. The van der Waals surface area contributed by atoms with E-state index in [2.05, 4.69) is 0 Å². The molecule has 5 nitrogen and oxygen atoms in total. The highest BCUT2D eigenvalue weighted by Gasteiger charge is 2.47. The summed E-state index contributed by atoms with van der Waals surface area (Å²) in [4.78, 5) is 27.6. The molecule has 0 radical (unpaired) electrons. The van der Waals surface area contributed by atoms with E-state index >= 15 is 0 Å². The number of nitrogens with zero attached hydrogens (tertiary/aromatic N) is 2. The fourth-order valence-electron chi connectivity index (χ4n) is 3.15. The van der Waals surface area contributed by atoms with E-state index < -0.39 is 0 Å². The fourth-order valence-corrected chi connectivity index (χ4v) is 3.15. The average Bonchev–Trinajstić information content (AvgIpc) is 3.35. The molecule has 2 fully saturated rings. The first-order valence-electron chi connectivity index (χ1n) is 8.06. The molecule has 2 amide bonds. The van der Waals surface area contributed by atoms with Crippen LogP contribution in [-0.2, 0) is 9.53 Å². The number of carbonyl (C=O) groups is 2. The van der Waals surface area contributed by atoms with Crippen molar-refractivity contribution in [3.8, 4) is 0 Å².